The van der Waals surface area contributed by atoms with Crippen LogP contribution in [0.1, 0.15) is 128 Å². The van der Waals surface area contributed by atoms with Gasteiger partial charge in [0.25, 0.3) is 0 Å². The Morgan fingerprint density at radius 2 is 0.744 bits per heavy atom. The first-order valence-electron chi connectivity index (χ1n) is 29.4. The fourth-order valence-corrected chi connectivity index (χ4v) is 13.6. The smallest absolute Gasteiger partial charge is 0.136 e. The first kappa shape index (κ1) is 51.5. The van der Waals surface area contributed by atoms with Gasteiger partial charge >= 0.3 is 0 Å². The number of hydrogen-bond donors (Lipinski definition) is 0. The van der Waals surface area contributed by atoms with E-state index in [1.165, 1.54) is 82.9 Å². The quantitative estimate of drug-likeness (QED) is 0.165. The van der Waals surface area contributed by atoms with Crippen LogP contribution >= 0.6 is 0 Å². The molecule has 0 aliphatic heterocycles. The van der Waals surface area contributed by atoms with Crippen LogP contribution in [0.4, 0.5) is 34.1 Å². The van der Waals surface area contributed by atoms with Gasteiger partial charge in [0.2, 0.25) is 0 Å². The van der Waals surface area contributed by atoms with Crippen LogP contribution in [-0.4, -0.2) is 0 Å². The number of rotatable bonds is 6. The highest BCUT2D eigenvalue weighted by Crippen LogP contribution is 2.66. The summed E-state index contributed by atoms with van der Waals surface area (Å²) < 4.78 is 6.86. The lowest BCUT2D eigenvalue weighted by Crippen LogP contribution is -2.26. The van der Waals surface area contributed by atoms with Crippen molar-refractivity contribution in [1.82, 2.24) is 0 Å². The SMILES string of the molecule is CC(C)(C)c1ccc(N(c2ccc(C(C)(C)C)cc2)c2ccc3cc4c(cc3c2)C2(c3ccccc3-c3ccccc32)c2cc(N(c3ccc(C(C)(C)C)cc3)c3ccc(C(C)(C)C)cc3)c3cc5oc6ccccc6c5cc3c2-4)cc1. The van der Waals surface area contributed by atoms with Crippen LogP contribution in [0.5, 0.6) is 0 Å². The molecular formula is C79H72N2O. The van der Waals surface area contributed by atoms with Crippen molar-refractivity contribution in [2.45, 2.75) is 110 Å². The van der Waals surface area contributed by atoms with E-state index in [1.807, 2.05) is 0 Å². The van der Waals surface area contributed by atoms with Gasteiger partial charge in [-0.3, -0.25) is 0 Å². The minimum absolute atomic E-state index is 0.00963. The summed E-state index contributed by atoms with van der Waals surface area (Å²) in [5, 5.41) is 6.96. The molecule has 3 heteroatoms. The average molecular weight is 1070 g/mol. The Morgan fingerprint density at radius 1 is 0.293 bits per heavy atom. The number of para-hydroxylation sites is 1. The van der Waals surface area contributed by atoms with Gasteiger partial charge in [-0.15, -0.1) is 0 Å². The van der Waals surface area contributed by atoms with Crippen LogP contribution in [0, 0.1) is 0 Å². The van der Waals surface area contributed by atoms with Gasteiger partial charge in [-0.1, -0.05) is 204 Å². The fourth-order valence-electron chi connectivity index (χ4n) is 13.6. The largest absolute Gasteiger partial charge is 0.456 e. The molecule has 0 amide bonds. The molecule has 0 bridgehead atoms. The minimum atomic E-state index is -0.665. The molecule has 82 heavy (non-hydrogen) atoms. The molecule has 404 valence electrons. The molecule has 0 atom stereocenters. The summed E-state index contributed by atoms with van der Waals surface area (Å²) in [6.45, 7) is 27.5. The number of benzene rings is 11. The monoisotopic (exact) mass is 1060 g/mol. The van der Waals surface area contributed by atoms with Gasteiger partial charge < -0.3 is 14.2 Å². The zero-order valence-corrected chi connectivity index (χ0v) is 49.6. The van der Waals surface area contributed by atoms with E-state index in [0.717, 1.165) is 61.4 Å². The molecule has 1 heterocycles. The molecule has 2 aliphatic carbocycles. The third-order valence-corrected chi connectivity index (χ3v) is 18.1. The highest BCUT2D eigenvalue weighted by Gasteiger charge is 2.53. The van der Waals surface area contributed by atoms with E-state index >= 15 is 0 Å². The molecule has 0 unspecified atom stereocenters. The topological polar surface area (TPSA) is 19.6 Å². The number of hydrogen-bond acceptors (Lipinski definition) is 3. The second-order valence-electron chi connectivity index (χ2n) is 27.4. The lowest BCUT2D eigenvalue weighted by Gasteiger charge is -2.33. The van der Waals surface area contributed by atoms with Crippen molar-refractivity contribution in [2.24, 2.45) is 0 Å². The zero-order chi connectivity index (χ0) is 56.8. The number of anilines is 6. The van der Waals surface area contributed by atoms with E-state index in [2.05, 4.69) is 311 Å². The van der Waals surface area contributed by atoms with Crippen LogP contribution in [0.3, 0.4) is 0 Å². The van der Waals surface area contributed by atoms with Gasteiger partial charge in [-0.05, 0) is 202 Å². The van der Waals surface area contributed by atoms with Crippen LogP contribution in [-0.2, 0) is 27.1 Å². The van der Waals surface area contributed by atoms with E-state index in [4.69, 9.17) is 4.42 Å². The molecule has 12 aromatic rings. The molecule has 0 radical (unpaired) electrons. The average Bonchev–Trinajstić information content (AvgIpc) is 1.66. The molecule has 2 aliphatic rings. The summed E-state index contributed by atoms with van der Waals surface area (Å²) in [7, 11) is 0. The highest BCUT2D eigenvalue weighted by molar-refractivity contribution is 6.19. The summed E-state index contributed by atoms with van der Waals surface area (Å²) in [6.07, 6.45) is 0. The van der Waals surface area contributed by atoms with Crippen LogP contribution in [0.2, 0.25) is 0 Å². The molecule has 14 rings (SSSR count). The maximum atomic E-state index is 6.86. The Hall–Kier alpha value is -8.66. The first-order valence-corrected chi connectivity index (χ1v) is 29.4. The lowest BCUT2D eigenvalue weighted by atomic mass is 9.70. The molecule has 0 saturated carbocycles. The Morgan fingerprint density at radius 3 is 1.24 bits per heavy atom. The van der Waals surface area contributed by atoms with Gasteiger partial charge in [0.05, 0.1) is 11.1 Å². The van der Waals surface area contributed by atoms with Gasteiger partial charge in [-0.25, -0.2) is 0 Å². The third kappa shape index (κ3) is 8.05. The predicted octanol–water partition coefficient (Wildman–Crippen LogP) is 22.4. The Balaban J connectivity index is 1.08. The zero-order valence-electron chi connectivity index (χ0n) is 49.6. The third-order valence-electron chi connectivity index (χ3n) is 18.1. The maximum absolute atomic E-state index is 6.86. The number of furan rings is 1. The molecule has 3 nitrogen and oxygen atoms in total. The normalized spacial score (nSPS) is 13.7. The Labute approximate surface area is 484 Å². The summed E-state index contributed by atoms with van der Waals surface area (Å²) >= 11 is 0. The fraction of sp³-hybridized carbons (Fsp3) is 0.215. The number of fused-ring (bicyclic) bond motifs is 16. The van der Waals surface area contributed by atoms with Gasteiger partial charge in [0.15, 0.2) is 0 Å². The molecule has 1 spiro atoms. The van der Waals surface area contributed by atoms with E-state index in [-0.39, 0.29) is 21.7 Å². The van der Waals surface area contributed by atoms with Gasteiger partial charge in [-0.2, -0.15) is 0 Å². The second kappa shape index (κ2) is 18.2. The second-order valence-corrected chi connectivity index (χ2v) is 27.4. The van der Waals surface area contributed by atoms with Crippen LogP contribution < -0.4 is 9.80 Å². The van der Waals surface area contributed by atoms with Crippen molar-refractivity contribution in [3.05, 3.63) is 263 Å². The summed E-state index contributed by atoms with van der Waals surface area (Å²) in [6, 6.07) is 83.5. The standard InChI is InChI=1S/C79H72N2O/c1-75(2,3)51-26-35-55(36-27-51)80(56-37-28-52(29-38-56)76(4,5)6)59-34-25-49-44-66-69(45-50(49)43-59)79(67-22-16-13-19-60(67)61-20-14-17-23-68(61)79)70-48-71(63-47-73-64(46-65(63)74(66)70)62-21-15-18-24-72(62)82-73)81(57-39-30-53(31-40-57)77(7,8)9)58-41-32-54(33-42-58)78(10,11)12/h13-48H,1-12H3. The van der Waals surface area contributed by atoms with E-state index in [9.17, 15) is 0 Å². The summed E-state index contributed by atoms with van der Waals surface area (Å²) in [5.74, 6) is 0. The maximum Gasteiger partial charge on any atom is 0.136 e. The van der Waals surface area contributed by atoms with Gasteiger partial charge in [0.1, 0.15) is 11.2 Å². The molecule has 0 fully saturated rings. The molecule has 0 saturated heterocycles. The van der Waals surface area contributed by atoms with Gasteiger partial charge in [0, 0.05) is 44.6 Å². The molecule has 0 N–H and O–H groups in total. The van der Waals surface area contributed by atoms with E-state index in [1.54, 1.807) is 0 Å². The van der Waals surface area contributed by atoms with E-state index < -0.39 is 5.41 Å². The van der Waals surface area contributed by atoms with Crippen LogP contribution in [0.25, 0.3) is 65.7 Å². The summed E-state index contributed by atoms with van der Waals surface area (Å²) in [5.41, 5.74) is 23.3. The first-order chi connectivity index (χ1) is 39.2. The summed E-state index contributed by atoms with van der Waals surface area (Å²) in [4.78, 5) is 4.95. The van der Waals surface area contributed by atoms with Crippen molar-refractivity contribution >= 4 is 77.6 Å². The van der Waals surface area contributed by atoms with Crippen molar-refractivity contribution in [3.63, 3.8) is 0 Å². The van der Waals surface area contributed by atoms with Crippen molar-refractivity contribution in [3.8, 4) is 22.3 Å². The Bertz CT molecular complexity index is 4350. The number of nitrogens with zero attached hydrogens (tertiary/aromatic N) is 2. The van der Waals surface area contributed by atoms with E-state index in [0.29, 0.717) is 0 Å². The lowest BCUT2D eigenvalue weighted by molar-refractivity contribution is 0.590. The Kier molecular flexibility index (Phi) is 11.4. The molecular weight excluding hydrogens is 993 g/mol. The van der Waals surface area contributed by atoms with Crippen molar-refractivity contribution in [2.75, 3.05) is 9.80 Å². The predicted molar refractivity (Wildman–Crippen MR) is 349 cm³/mol. The molecule has 11 aromatic carbocycles. The highest BCUT2D eigenvalue weighted by atomic mass is 16.3. The van der Waals surface area contributed by atoms with Crippen molar-refractivity contribution in [1.29, 1.82) is 0 Å². The van der Waals surface area contributed by atoms with Crippen LogP contribution in [0.15, 0.2) is 223 Å². The van der Waals surface area contributed by atoms with Crippen molar-refractivity contribution < 1.29 is 4.42 Å². The molecule has 1 aromatic heterocycles. The minimum Gasteiger partial charge on any atom is -0.456 e.